The molecule has 0 aromatic heterocycles. The number of halogens is 4. The number of hydrogen-bond donors (Lipinski definition) is 1. The molecule has 0 radical (unpaired) electrons. The molecule has 36 heavy (non-hydrogen) atoms. The third kappa shape index (κ3) is 4.97. The predicted octanol–water partition coefficient (Wildman–Crippen LogP) is 5.30. The van der Waals surface area contributed by atoms with E-state index in [9.17, 15) is 22.7 Å². The van der Waals surface area contributed by atoms with Gasteiger partial charge in [0, 0.05) is 18.5 Å². The van der Waals surface area contributed by atoms with Gasteiger partial charge in [0.25, 0.3) is 0 Å². The number of alkyl halides is 3. The molecule has 0 aliphatic carbocycles. The summed E-state index contributed by atoms with van der Waals surface area (Å²) in [6, 6.07) is 21.0. The quantitative estimate of drug-likeness (QED) is 0.479. The Morgan fingerprint density at radius 3 is 2.36 bits per heavy atom. The number of aliphatic hydroxyl groups is 1. The maximum absolute atomic E-state index is 13.6. The van der Waals surface area contributed by atoms with Gasteiger partial charge >= 0.3 is 6.36 Å². The van der Waals surface area contributed by atoms with E-state index in [2.05, 4.69) is 4.74 Å². The SMILES string of the molecule is O[C@]1(c2ccccc2OC(F)(F)F)COCC2(C1)OC[C@H](c1ccc(F)cc1)N2Cc1ccccc1. The fourth-order valence-corrected chi connectivity index (χ4v) is 5.14. The van der Waals surface area contributed by atoms with E-state index in [1.807, 2.05) is 35.2 Å². The largest absolute Gasteiger partial charge is 0.573 e. The summed E-state index contributed by atoms with van der Waals surface area (Å²) in [5.41, 5.74) is -1.20. The molecule has 2 aliphatic heterocycles. The van der Waals surface area contributed by atoms with Gasteiger partial charge in [-0.05, 0) is 29.3 Å². The molecule has 0 bridgehead atoms. The Hall–Kier alpha value is -2.98. The van der Waals surface area contributed by atoms with Crippen molar-refractivity contribution in [2.24, 2.45) is 0 Å². The lowest BCUT2D eigenvalue weighted by Crippen LogP contribution is -2.58. The molecule has 1 unspecified atom stereocenters. The minimum Gasteiger partial charge on any atom is -0.405 e. The maximum Gasteiger partial charge on any atom is 0.573 e. The smallest absolute Gasteiger partial charge is 0.405 e. The zero-order valence-corrected chi connectivity index (χ0v) is 19.2. The summed E-state index contributed by atoms with van der Waals surface area (Å²) in [5, 5.41) is 11.7. The minimum absolute atomic E-state index is 0.0325. The maximum atomic E-state index is 13.6. The lowest BCUT2D eigenvalue weighted by Gasteiger charge is -2.47. The first-order valence-corrected chi connectivity index (χ1v) is 11.5. The second-order valence-corrected chi connectivity index (χ2v) is 9.18. The summed E-state index contributed by atoms with van der Waals surface area (Å²) in [5.74, 6) is -0.852. The lowest BCUT2D eigenvalue weighted by molar-refractivity contribution is -0.276. The third-order valence-corrected chi connectivity index (χ3v) is 6.71. The standard InChI is InChI=1S/C27H25F4NO4/c28-21-12-10-20(11-13-21)23-15-35-26(32(23)14-19-6-2-1-3-7-19)16-25(33,17-34-18-26)22-8-4-5-9-24(22)36-27(29,30)31/h1-13,23,33H,14-18H2/t23-,25+,26?/m1/s1. The van der Waals surface area contributed by atoms with Crippen LogP contribution in [0, 0.1) is 5.82 Å². The van der Waals surface area contributed by atoms with Crippen LogP contribution < -0.4 is 4.74 Å². The Balaban J connectivity index is 1.52. The summed E-state index contributed by atoms with van der Waals surface area (Å²) >= 11 is 0. The van der Waals surface area contributed by atoms with E-state index in [0.717, 1.165) is 11.1 Å². The van der Waals surface area contributed by atoms with Crippen LogP contribution in [0.3, 0.4) is 0 Å². The highest BCUT2D eigenvalue weighted by Crippen LogP contribution is 2.49. The van der Waals surface area contributed by atoms with E-state index in [4.69, 9.17) is 9.47 Å². The van der Waals surface area contributed by atoms with E-state index in [1.54, 1.807) is 12.1 Å². The molecule has 2 aliphatic rings. The van der Waals surface area contributed by atoms with Crippen LogP contribution in [-0.2, 0) is 21.6 Å². The average molecular weight is 503 g/mol. The molecular weight excluding hydrogens is 478 g/mol. The van der Waals surface area contributed by atoms with Gasteiger partial charge in [-0.1, -0.05) is 60.7 Å². The molecule has 1 N–H and O–H groups in total. The van der Waals surface area contributed by atoms with Crippen molar-refractivity contribution in [1.29, 1.82) is 0 Å². The van der Waals surface area contributed by atoms with Crippen LogP contribution in [0.1, 0.15) is 29.2 Å². The van der Waals surface area contributed by atoms with Crippen molar-refractivity contribution in [1.82, 2.24) is 4.90 Å². The van der Waals surface area contributed by atoms with Gasteiger partial charge in [0.1, 0.15) is 22.9 Å². The molecule has 0 saturated carbocycles. The molecule has 1 spiro atoms. The number of hydrogen-bond acceptors (Lipinski definition) is 5. The highest BCUT2D eigenvalue weighted by atomic mass is 19.4. The van der Waals surface area contributed by atoms with Crippen molar-refractivity contribution in [3.8, 4) is 5.75 Å². The van der Waals surface area contributed by atoms with E-state index in [0.29, 0.717) is 6.54 Å². The van der Waals surface area contributed by atoms with Gasteiger partial charge in [0.15, 0.2) is 0 Å². The fourth-order valence-electron chi connectivity index (χ4n) is 5.14. The molecule has 3 aromatic rings. The zero-order valence-electron chi connectivity index (χ0n) is 19.2. The Bertz CT molecular complexity index is 1190. The molecular formula is C27H25F4NO4. The first kappa shape index (κ1) is 24.7. The summed E-state index contributed by atoms with van der Waals surface area (Å²) in [4.78, 5) is 2.03. The van der Waals surface area contributed by atoms with Crippen molar-refractivity contribution in [2.75, 3.05) is 19.8 Å². The monoisotopic (exact) mass is 503 g/mol. The highest BCUT2D eigenvalue weighted by molar-refractivity contribution is 5.39. The first-order chi connectivity index (χ1) is 17.2. The summed E-state index contributed by atoms with van der Waals surface area (Å²) in [6.45, 7) is 0.528. The van der Waals surface area contributed by atoms with Crippen molar-refractivity contribution in [3.63, 3.8) is 0 Å². The van der Waals surface area contributed by atoms with Crippen LogP contribution in [-0.4, -0.2) is 41.9 Å². The number of para-hydroxylation sites is 1. The molecule has 2 saturated heterocycles. The van der Waals surface area contributed by atoms with Gasteiger partial charge in [0.05, 0.1) is 25.9 Å². The second kappa shape index (κ2) is 9.48. The molecule has 9 heteroatoms. The summed E-state index contributed by atoms with van der Waals surface area (Å²) < 4.78 is 69.2. The first-order valence-electron chi connectivity index (χ1n) is 11.5. The molecule has 0 amide bonds. The Kier molecular flexibility index (Phi) is 6.50. The fraction of sp³-hybridized carbons (Fsp3) is 0.333. The molecule has 3 atom stereocenters. The van der Waals surface area contributed by atoms with Crippen LogP contribution in [0.15, 0.2) is 78.9 Å². The van der Waals surface area contributed by atoms with Crippen LogP contribution in [0.4, 0.5) is 17.6 Å². The topological polar surface area (TPSA) is 51.2 Å². The van der Waals surface area contributed by atoms with Crippen molar-refractivity contribution < 1.29 is 36.9 Å². The predicted molar refractivity (Wildman–Crippen MR) is 122 cm³/mol. The number of ether oxygens (including phenoxy) is 3. The Labute approximate surface area is 205 Å². The normalized spacial score (nSPS) is 26.9. The van der Waals surface area contributed by atoms with E-state index in [1.165, 1.54) is 36.4 Å². The zero-order chi connectivity index (χ0) is 25.4. The second-order valence-electron chi connectivity index (χ2n) is 9.18. The molecule has 5 nitrogen and oxygen atoms in total. The molecule has 2 fully saturated rings. The van der Waals surface area contributed by atoms with Crippen molar-refractivity contribution in [3.05, 3.63) is 101 Å². The van der Waals surface area contributed by atoms with Crippen molar-refractivity contribution in [2.45, 2.75) is 36.7 Å². The summed E-state index contributed by atoms with van der Waals surface area (Å²) in [6.07, 6.45) is -4.97. The van der Waals surface area contributed by atoms with Crippen LogP contribution in [0.25, 0.3) is 0 Å². The van der Waals surface area contributed by atoms with E-state index >= 15 is 0 Å². The van der Waals surface area contributed by atoms with E-state index in [-0.39, 0.29) is 43.7 Å². The molecule has 2 heterocycles. The van der Waals surface area contributed by atoms with Crippen LogP contribution in [0.2, 0.25) is 0 Å². The Morgan fingerprint density at radius 2 is 1.64 bits per heavy atom. The summed E-state index contributed by atoms with van der Waals surface area (Å²) in [7, 11) is 0. The van der Waals surface area contributed by atoms with Crippen molar-refractivity contribution >= 4 is 0 Å². The van der Waals surface area contributed by atoms with Crippen LogP contribution >= 0.6 is 0 Å². The highest BCUT2D eigenvalue weighted by Gasteiger charge is 2.56. The van der Waals surface area contributed by atoms with Gasteiger partial charge in [0.2, 0.25) is 0 Å². The van der Waals surface area contributed by atoms with Gasteiger partial charge in [-0.2, -0.15) is 0 Å². The third-order valence-electron chi connectivity index (χ3n) is 6.71. The van der Waals surface area contributed by atoms with Gasteiger partial charge in [-0.15, -0.1) is 13.2 Å². The number of nitrogens with zero attached hydrogens (tertiary/aromatic N) is 1. The lowest BCUT2D eigenvalue weighted by atomic mass is 9.83. The molecule has 5 rings (SSSR count). The van der Waals surface area contributed by atoms with Gasteiger partial charge in [-0.25, -0.2) is 4.39 Å². The number of benzene rings is 3. The van der Waals surface area contributed by atoms with Crippen LogP contribution in [0.5, 0.6) is 5.75 Å². The molecule has 3 aromatic carbocycles. The van der Waals surface area contributed by atoms with E-state index < -0.39 is 23.4 Å². The van der Waals surface area contributed by atoms with Gasteiger partial charge in [-0.3, -0.25) is 4.90 Å². The average Bonchev–Trinajstić information content (AvgIpc) is 3.16. The molecule has 190 valence electrons. The van der Waals surface area contributed by atoms with Gasteiger partial charge < -0.3 is 19.3 Å². The Morgan fingerprint density at radius 1 is 0.944 bits per heavy atom. The minimum atomic E-state index is -4.92. The number of rotatable bonds is 5.